The van der Waals surface area contributed by atoms with Crippen molar-refractivity contribution in [3.63, 3.8) is 0 Å². The van der Waals surface area contributed by atoms with Gasteiger partial charge in [-0.2, -0.15) is 11.8 Å². The maximum absolute atomic E-state index is 6.10. The molecule has 1 saturated heterocycles. The summed E-state index contributed by atoms with van der Waals surface area (Å²) in [7, 11) is 0. The number of nitrogens with two attached hydrogens (primary N) is 1. The third-order valence-corrected chi connectivity index (χ3v) is 4.57. The summed E-state index contributed by atoms with van der Waals surface area (Å²) < 4.78 is 0. The van der Waals surface area contributed by atoms with Gasteiger partial charge in [0.1, 0.15) is 0 Å². The van der Waals surface area contributed by atoms with Crippen LogP contribution in [-0.4, -0.2) is 42.1 Å². The van der Waals surface area contributed by atoms with Crippen molar-refractivity contribution >= 4 is 11.8 Å². The minimum atomic E-state index is 0.492. The Bertz CT molecular complexity index is 167. The molecule has 0 bridgehead atoms. The Balaban J connectivity index is 1.77. The van der Waals surface area contributed by atoms with Gasteiger partial charge in [0, 0.05) is 24.9 Å². The highest BCUT2D eigenvalue weighted by atomic mass is 32.2. The van der Waals surface area contributed by atoms with Gasteiger partial charge in [-0.1, -0.05) is 6.42 Å². The minimum Gasteiger partial charge on any atom is -0.327 e. The average molecular weight is 214 g/mol. The van der Waals surface area contributed by atoms with Crippen LogP contribution in [0.5, 0.6) is 0 Å². The fraction of sp³-hybridized carbons (Fsp3) is 1.00. The Morgan fingerprint density at radius 3 is 2.86 bits per heavy atom. The maximum atomic E-state index is 6.10. The third-order valence-electron chi connectivity index (χ3n) is 3.53. The van der Waals surface area contributed by atoms with Gasteiger partial charge < -0.3 is 10.6 Å². The molecular weight excluding hydrogens is 192 g/mol. The molecule has 0 aromatic carbocycles. The van der Waals surface area contributed by atoms with Crippen LogP contribution in [-0.2, 0) is 0 Å². The summed E-state index contributed by atoms with van der Waals surface area (Å²) in [6.07, 6.45) is 5.35. The summed E-state index contributed by atoms with van der Waals surface area (Å²) in [6.45, 7) is 3.85. The Labute approximate surface area is 91.6 Å². The van der Waals surface area contributed by atoms with Crippen LogP contribution >= 0.6 is 11.8 Å². The largest absolute Gasteiger partial charge is 0.327 e. The lowest BCUT2D eigenvalue weighted by Crippen LogP contribution is -2.37. The molecule has 14 heavy (non-hydrogen) atoms. The summed E-state index contributed by atoms with van der Waals surface area (Å²) in [5, 5.41) is 0. The Morgan fingerprint density at radius 2 is 2.07 bits per heavy atom. The first-order valence-electron chi connectivity index (χ1n) is 5.92. The number of nitrogens with zero attached hydrogens (tertiary/aromatic N) is 1. The topological polar surface area (TPSA) is 29.3 Å². The highest BCUT2D eigenvalue weighted by Gasteiger charge is 2.25. The highest BCUT2D eigenvalue weighted by molar-refractivity contribution is 7.99. The van der Waals surface area contributed by atoms with Gasteiger partial charge in [-0.3, -0.25) is 0 Å². The summed E-state index contributed by atoms with van der Waals surface area (Å²) in [5.74, 6) is 3.47. The van der Waals surface area contributed by atoms with Crippen LogP contribution in [0.4, 0.5) is 0 Å². The van der Waals surface area contributed by atoms with Crippen LogP contribution < -0.4 is 5.73 Å². The van der Waals surface area contributed by atoms with Crippen LogP contribution in [0.2, 0.25) is 0 Å². The molecule has 1 aliphatic heterocycles. The quantitative estimate of drug-likeness (QED) is 0.756. The van der Waals surface area contributed by atoms with E-state index in [4.69, 9.17) is 5.73 Å². The van der Waals surface area contributed by atoms with E-state index >= 15 is 0 Å². The van der Waals surface area contributed by atoms with Crippen LogP contribution in [0.25, 0.3) is 0 Å². The van der Waals surface area contributed by atoms with Crippen molar-refractivity contribution in [3.8, 4) is 0 Å². The van der Waals surface area contributed by atoms with E-state index in [1.54, 1.807) is 0 Å². The number of rotatable bonds is 2. The van der Waals surface area contributed by atoms with Gasteiger partial charge >= 0.3 is 0 Å². The second kappa shape index (κ2) is 5.38. The molecular formula is C11H22N2S. The van der Waals surface area contributed by atoms with E-state index < -0.39 is 0 Å². The van der Waals surface area contributed by atoms with Gasteiger partial charge in [0.15, 0.2) is 0 Å². The Kier molecular flexibility index (Phi) is 4.14. The van der Waals surface area contributed by atoms with Crippen LogP contribution in [0.15, 0.2) is 0 Å². The van der Waals surface area contributed by atoms with Crippen molar-refractivity contribution in [2.75, 3.05) is 31.1 Å². The lowest BCUT2D eigenvalue weighted by Gasteiger charge is -2.25. The van der Waals surface area contributed by atoms with Crippen LogP contribution in [0, 0.1) is 5.92 Å². The van der Waals surface area contributed by atoms with Gasteiger partial charge in [-0.05, 0) is 37.5 Å². The van der Waals surface area contributed by atoms with Gasteiger partial charge in [0.2, 0.25) is 0 Å². The van der Waals surface area contributed by atoms with E-state index in [0.717, 1.165) is 5.92 Å². The molecule has 2 aliphatic rings. The third kappa shape index (κ3) is 2.88. The maximum Gasteiger partial charge on any atom is 0.00793 e. The average Bonchev–Trinajstić information content (AvgIpc) is 2.44. The molecule has 2 atom stereocenters. The molecule has 0 amide bonds. The van der Waals surface area contributed by atoms with Gasteiger partial charge in [0.05, 0.1) is 0 Å². The van der Waals surface area contributed by atoms with Gasteiger partial charge in [-0.25, -0.2) is 0 Å². The normalized spacial score (nSPS) is 35.8. The van der Waals surface area contributed by atoms with E-state index in [1.165, 1.54) is 56.8 Å². The second-order valence-electron chi connectivity index (χ2n) is 4.62. The summed E-state index contributed by atoms with van der Waals surface area (Å²) in [5.41, 5.74) is 6.10. The first-order valence-corrected chi connectivity index (χ1v) is 7.07. The summed E-state index contributed by atoms with van der Waals surface area (Å²) in [4.78, 5) is 2.63. The van der Waals surface area contributed by atoms with Crippen molar-refractivity contribution in [1.29, 1.82) is 0 Å². The van der Waals surface area contributed by atoms with E-state index in [-0.39, 0.29) is 0 Å². The van der Waals surface area contributed by atoms with Crippen LogP contribution in [0.3, 0.4) is 0 Å². The Morgan fingerprint density at radius 1 is 1.14 bits per heavy atom. The lowest BCUT2D eigenvalue weighted by atomic mass is 10.0. The number of thioether (sulfide) groups is 1. The first-order chi connectivity index (χ1) is 6.86. The fourth-order valence-electron chi connectivity index (χ4n) is 2.60. The van der Waals surface area contributed by atoms with Crippen molar-refractivity contribution < 1.29 is 0 Å². The molecule has 0 spiro atoms. The molecule has 0 radical (unpaired) electrons. The van der Waals surface area contributed by atoms with Crippen LogP contribution in [0.1, 0.15) is 25.7 Å². The molecule has 2 rings (SSSR count). The first kappa shape index (κ1) is 10.8. The zero-order chi connectivity index (χ0) is 9.80. The summed E-state index contributed by atoms with van der Waals surface area (Å²) in [6, 6.07) is 0.492. The predicted octanol–water partition coefficient (Wildman–Crippen LogP) is 1.55. The van der Waals surface area contributed by atoms with E-state index in [0.29, 0.717) is 6.04 Å². The van der Waals surface area contributed by atoms with Crippen molar-refractivity contribution in [2.45, 2.75) is 31.7 Å². The second-order valence-corrected chi connectivity index (χ2v) is 5.85. The predicted molar refractivity (Wildman–Crippen MR) is 63.7 cm³/mol. The molecule has 0 aromatic heterocycles. The summed E-state index contributed by atoms with van der Waals surface area (Å²) >= 11 is 2.11. The fourth-order valence-corrected chi connectivity index (χ4v) is 3.53. The smallest absolute Gasteiger partial charge is 0.00793 e. The standard InChI is InChI=1S/C11H22N2S/c12-11-4-1-3-10(11)9-13-5-2-7-14-8-6-13/h10-11H,1-9,12H2. The number of hydrogen-bond acceptors (Lipinski definition) is 3. The number of hydrogen-bond donors (Lipinski definition) is 1. The molecule has 2 unspecified atom stereocenters. The molecule has 82 valence electrons. The minimum absolute atomic E-state index is 0.492. The molecule has 3 heteroatoms. The van der Waals surface area contributed by atoms with Crippen molar-refractivity contribution in [1.82, 2.24) is 4.90 Å². The van der Waals surface area contributed by atoms with Gasteiger partial charge in [-0.15, -0.1) is 0 Å². The Hall–Kier alpha value is 0.270. The molecule has 2 nitrogen and oxygen atoms in total. The molecule has 0 aromatic rings. The van der Waals surface area contributed by atoms with Crippen molar-refractivity contribution in [2.24, 2.45) is 11.7 Å². The van der Waals surface area contributed by atoms with E-state index in [9.17, 15) is 0 Å². The monoisotopic (exact) mass is 214 g/mol. The molecule has 2 fully saturated rings. The molecule has 2 N–H and O–H groups in total. The zero-order valence-corrected chi connectivity index (χ0v) is 9.77. The molecule has 1 aliphatic carbocycles. The highest BCUT2D eigenvalue weighted by Crippen LogP contribution is 2.25. The van der Waals surface area contributed by atoms with Crippen molar-refractivity contribution in [3.05, 3.63) is 0 Å². The molecule has 1 heterocycles. The lowest BCUT2D eigenvalue weighted by molar-refractivity contribution is 0.238. The SMILES string of the molecule is NC1CCCC1CN1CCCSCC1. The van der Waals surface area contributed by atoms with E-state index in [2.05, 4.69) is 16.7 Å². The van der Waals surface area contributed by atoms with E-state index in [1.807, 2.05) is 0 Å². The molecule has 1 saturated carbocycles. The zero-order valence-electron chi connectivity index (χ0n) is 8.95. The van der Waals surface area contributed by atoms with Gasteiger partial charge in [0.25, 0.3) is 0 Å².